The Kier molecular flexibility index (Phi) is 4.85. The first kappa shape index (κ1) is 15.1. The van der Waals surface area contributed by atoms with Crippen LogP contribution < -0.4 is 5.32 Å². The minimum Gasteiger partial charge on any atom is -0.304 e. The highest BCUT2D eigenvalue weighted by atomic mass is 35.5. The Hall–Kier alpha value is -1.31. The average molecular weight is 288 g/mol. The van der Waals surface area contributed by atoms with Crippen LogP contribution in [0.25, 0.3) is 0 Å². The molecule has 1 N–H and O–H groups in total. The van der Waals surface area contributed by atoms with Gasteiger partial charge in [-0.1, -0.05) is 53.1 Å². The molecule has 0 aliphatic rings. The van der Waals surface area contributed by atoms with Crippen LogP contribution in [0.1, 0.15) is 48.2 Å². The Morgan fingerprint density at radius 3 is 1.85 bits per heavy atom. The summed E-state index contributed by atoms with van der Waals surface area (Å²) in [6, 6.07) is 15.4. The highest BCUT2D eigenvalue weighted by Crippen LogP contribution is 2.22. The molecule has 2 atom stereocenters. The molecule has 0 saturated carbocycles. The third-order valence-electron chi connectivity index (χ3n) is 3.61. The minimum atomic E-state index is 0.295. The lowest BCUT2D eigenvalue weighted by Gasteiger charge is -2.21. The van der Waals surface area contributed by atoms with Gasteiger partial charge in [0.25, 0.3) is 0 Å². The summed E-state index contributed by atoms with van der Waals surface area (Å²) in [6.07, 6.45) is 0. The molecule has 20 heavy (non-hydrogen) atoms. The number of nitrogens with one attached hydrogen (secondary N) is 1. The van der Waals surface area contributed by atoms with Crippen molar-refractivity contribution in [1.29, 1.82) is 0 Å². The summed E-state index contributed by atoms with van der Waals surface area (Å²) in [5, 5.41) is 4.42. The summed E-state index contributed by atoms with van der Waals surface area (Å²) < 4.78 is 0. The van der Waals surface area contributed by atoms with E-state index in [0.29, 0.717) is 12.1 Å². The van der Waals surface area contributed by atoms with Crippen LogP contribution in [-0.2, 0) is 0 Å². The highest BCUT2D eigenvalue weighted by molar-refractivity contribution is 6.30. The van der Waals surface area contributed by atoms with Gasteiger partial charge in [0, 0.05) is 17.1 Å². The van der Waals surface area contributed by atoms with E-state index in [9.17, 15) is 0 Å². The molecule has 0 aromatic heterocycles. The standard InChI is InChI=1S/C18H22ClN/c1-12-9-13(2)11-17(10-12)15(4)20-14(3)16-5-7-18(19)8-6-16/h5-11,14-15,20H,1-4H3/t14-,15?/m1/s1. The molecule has 0 spiro atoms. The Balaban J connectivity index is 2.10. The topological polar surface area (TPSA) is 12.0 Å². The van der Waals surface area contributed by atoms with Gasteiger partial charge in [-0.2, -0.15) is 0 Å². The summed E-state index contributed by atoms with van der Waals surface area (Å²) in [4.78, 5) is 0. The second-order valence-corrected chi connectivity index (χ2v) is 6.02. The molecule has 0 saturated heterocycles. The van der Waals surface area contributed by atoms with Crippen LogP contribution in [0.3, 0.4) is 0 Å². The van der Waals surface area contributed by atoms with E-state index in [1.54, 1.807) is 0 Å². The van der Waals surface area contributed by atoms with E-state index >= 15 is 0 Å². The first-order chi connectivity index (χ1) is 9.45. The largest absolute Gasteiger partial charge is 0.304 e. The zero-order valence-electron chi connectivity index (χ0n) is 12.6. The SMILES string of the molecule is Cc1cc(C)cc(C(C)N[C@H](C)c2ccc(Cl)cc2)c1. The molecule has 0 aliphatic carbocycles. The van der Waals surface area contributed by atoms with Crippen molar-refractivity contribution in [2.45, 2.75) is 39.8 Å². The summed E-state index contributed by atoms with van der Waals surface area (Å²) in [7, 11) is 0. The molecular weight excluding hydrogens is 266 g/mol. The van der Waals surface area contributed by atoms with E-state index < -0.39 is 0 Å². The van der Waals surface area contributed by atoms with E-state index in [-0.39, 0.29) is 0 Å². The van der Waals surface area contributed by atoms with Crippen molar-refractivity contribution < 1.29 is 0 Å². The number of benzene rings is 2. The van der Waals surface area contributed by atoms with Crippen LogP contribution in [0.5, 0.6) is 0 Å². The Morgan fingerprint density at radius 2 is 1.30 bits per heavy atom. The molecule has 2 rings (SSSR count). The lowest BCUT2D eigenvalue weighted by Crippen LogP contribution is -2.22. The van der Waals surface area contributed by atoms with E-state index in [4.69, 9.17) is 11.6 Å². The zero-order chi connectivity index (χ0) is 14.7. The fourth-order valence-electron chi connectivity index (χ4n) is 2.58. The maximum absolute atomic E-state index is 5.93. The molecule has 2 aromatic carbocycles. The fourth-order valence-corrected chi connectivity index (χ4v) is 2.70. The van der Waals surface area contributed by atoms with Crippen LogP contribution in [0.4, 0.5) is 0 Å². The van der Waals surface area contributed by atoms with Gasteiger partial charge in [-0.15, -0.1) is 0 Å². The van der Waals surface area contributed by atoms with Gasteiger partial charge in [0.15, 0.2) is 0 Å². The van der Waals surface area contributed by atoms with Gasteiger partial charge in [-0.25, -0.2) is 0 Å². The zero-order valence-corrected chi connectivity index (χ0v) is 13.3. The van der Waals surface area contributed by atoms with Crippen molar-refractivity contribution in [2.75, 3.05) is 0 Å². The van der Waals surface area contributed by atoms with Gasteiger partial charge in [0.2, 0.25) is 0 Å². The number of rotatable bonds is 4. The molecule has 1 nitrogen and oxygen atoms in total. The number of halogens is 1. The van der Waals surface area contributed by atoms with Gasteiger partial charge >= 0.3 is 0 Å². The Labute approximate surface area is 127 Å². The lowest BCUT2D eigenvalue weighted by molar-refractivity contribution is 0.494. The molecule has 0 fully saturated rings. The second-order valence-electron chi connectivity index (χ2n) is 5.58. The van der Waals surface area contributed by atoms with Gasteiger partial charge in [0.1, 0.15) is 0 Å². The van der Waals surface area contributed by atoms with E-state index in [0.717, 1.165) is 5.02 Å². The van der Waals surface area contributed by atoms with Crippen LogP contribution in [0.15, 0.2) is 42.5 Å². The van der Waals surface area contributed by atoms with Crippen molar-refractivity contribution in [2.24, 2.45) is 0 Å². The summed E-state index contributed by atoms with van der Waals surface area (Å²) in [5.74, 6) is 0. The smallest absolute Gasteiger partial charge is 0.0406 e. The minimum absolute atomic E-state index is 0.295. The predicted octanol–water partition coefficient (Wildman–Crippen LogP) is 5.37. The van der Waals surface area contributed by atoms with Crippen LogP contribution in [0.2, 0.25) is 5.02 Å². The third-order valence-corrected chi connectivity index (χ3v) is 3.87. The van der Waals surface area contributed by atoms with Crippen molar-refractivity contribution in [1.82, 2.24) is 5.32 Å². The fraction of sp³-hybridized carbons (Fsp3) is 0.333. The molecule has 106 valence electrons. The van der Waals surface area contributed by atoms with Crippen LogP contribution in [-0.4, -0.2) is 0 Å². The summed E-state index contributed by atoms with van der Waals surface area (Å²) in [5.41, 5.74) is 5.22. The number of aryl methyl sites for hydroxylation is 2. The third kappa shape index (κ3) is 3.84. The first-order valence-corrected chi connectivity index (χ1v) is 7.43. The molecule has 0 heterocycles. The van der Waals surface area contributed by atoms with E-state index in [1.165, 1.54) is 22.3 Å². The monoisotopic (exact) mass is 287 g/mol. The quantitative estimate of drug-likeness (QED) is 0.797. The summed E-state index contributed by atoms with van der Waals surface area (Å²) in [6.45, 7) is 8.68. The van der Waals surface area contributed by atoms with Crippen molar-refractivity contribution in [3.63, 3.8) is 0 Å². The average Bonchev–Trinajstić information content (AvgIpc) is 2.38. The highest BCUT2D eigenvalue weighted by Gasteiger charge is 2.11. The predicted molar refractivity (Wildman–Crippen MR) is 87.3 cm³/mol. The molecule has 0 bridgehead atoms. The van der Waals surface area contributed by atoms with E-state index in [2.05, 4.69) is 63.3 Å². The molecule has 0 amide bonds. The van der Waals surface area contributed by atoms with Gasteiger partial charge in [-0.05, 0) is 51.0 Å². The van der Waals surface area contributed by atoms with Crippen LogP contribution in [0, 0.1) is 13.8 Å². The molecule has 0 radical (unpaired) electrons. The first-order valence-electron chi connectivity index (χ1n) is 7.05. The number of hydrogen-bond donors (Lipinski definition) is 1. The maximum Gasteiger partial charge on any atom is 0.0406 e. The molecule has 2 aromatic rings. The van der Waals surface area contributed by atoms with Crippen LogP contribution >= 0.6 is 11.6 Å². The molecule has 1 unspecified atom stereocenters. The molecule has 0 aliphatic heterocycles. The van der Waals surface area contributed by atoms with Crippen molar-refractivity contribution in [3.8, 4) is 0 Å². The molecule has 2 heteroatoms. The van der Waals surface area contributed by atoms with Gasteiger partial charge in [0.05, 0.1) is 0 Å². The Morgan fingerprint density at radius 1 is 0.800 bits per heavy atom. The van der Waals surface area contributed by atoms with E-state index in [1.807, 2.05) is 12.1 Å². The number of hydrogen-bond acceptors (Lipinski definition) is 1. The Bertz CT molecular complexity index is 554. The normalized spacial score (nSPS) is 14.1. The van der Waals surface area contributed by atoms with Crippen molar-refractivity contribution in [3.05, 3.63) is 69.7 Å². The van der Waals surface area contributed by atoms with Gasteiger partial charge in [-0.3, -0.25) is 0 Å². The summed E-state index contributed by atoms with van der Waals surface area (Å²) >= 11 is 5.93. The second kappa shape index (κ2) is 6.43. The lowest BCUT2D eigenvalue weighted by atomic mass is 10.0. The van der Waals surface area contributed by atoms with Gasteiger partial charge < -0.3 is 5.32 Å². The molecular formula is C18H22ClN. The maximum atomic E-state index is 5.93. The van der Waals surface area contributed by atoms with Crippen molar-refractivity contribution >= 4 is 11.6 Å².